The molecule has 2 atom stereocenters. The smallest absolute Gasteiger partial charge is 0.119 e. The Hall–Kier alpha value is -1.42. The Morgan fingerprint density at radius 1 is 1.45 bits per heavy atom. The number of alkyl halides is 1. The molecule has 3 nitrogen and oxygen atoms in total. The molecule has 0 amide bonds. The average Bonchev–Trinajstić information content (AvgIpc) is 2.76. The van der Waals surface area contributed by atoms with Gasteiger partial charge in [0.05, 0.1) is 11.0 Å². The molecule has 0 saturated carbocycles. The third kappa shape index (κ3) is 2.44. The highest BCUT2D eigenvalue weighted by Gasteiger charge is 2.36. The molecule has 4 heteroatoms. The number of hydrogen-bond acceptors (Lipinski definition) is 2. The Morgan fingerprint density at radius 3 is 2.95 bits per heavy atom. The summed E-state index contributed by atoms with van der Waals surface area (Å²) < 4.78 is 17.1. The molecule has 3 rings (SSSR count). The highest BCUT2D eigenvalue weighted by atomic mass is 19.1. The number of fused-ring (bicyclic) bond motifs is 1. The first kappa shape index (κ1) is 13.6. The van der Waals surface area contributed by atoms with E-state index in [9.17, 15) is 0 Å². The van der Waals surface area contributed by atoms with E-state index >= 15 is 4.39 Å². The van der Waals surface area contributed by atoms with Crippen molar-refractivity contribution in [3.63, 3.8) is 0 Å². The lowest BCUT2D eigenvalue weighted by Crippen LogP contribution is -2.43. The fraction of sp³-hybridized carbons (Fsp3) is 0.562. The van der Waals surface area contributed by atoms with Gasteiger partial charge >= 0.3 is 0 Å². The van der Waals surface area contributed by atoms with Gasteiger partial charge in [0.15, 0.2) is 0 Å². The van der Waals surface area contributed by atoms with Crippen molar-refractivity contribution < 1.29 is 4.39 Å². The summed E-state index contributed by atoms with van der Waals surface area (Å²) >= 11 is 0. The summed E-state index contributed by atoms with van der Waals surface area (Å²) in [5, 5.41) is 3.30. The fourth-order valence-corrected chi connectivity index (χ4v) is 3.17. The molecule has 1 aliphatic rings. The zero-order chi connectivity index (χ0) is 14.2. The van der Waals surface area contributed by atoms with Crippen molar-refractivity contribution in [2.45, 2.75) is 31.9 Å². The molecular formula is C16H22FN3. The fourth-order valence-electron chi connectivity index (χ4n) is 3.17. The van der Waals surface area contributed by atoms with Crippen LogP contribution < -0.4 is 5.32 Å². The number of hydrogen-bond donors (Lipinski definition) is 1. The van der Waals surface area contributed by atoms with E-state index in [0.29, 0.717) is 6.42 Å². The van der Waals surface area contributed by atoms with Crippen LogP contribution in [-0.2, 0) is 13.5 Å². The second kappa shape index (κ2) is 5.17. The average molecular weight is 275 g/mol. The number of rotatable bonds is 3. The topological polar surface area (TPSA) is 29.9 Å². The zero-order valence-corrected chi connectivity index (χ0v) is 12.2. The first-order valence-electron chi connectivity index (χ1n) is 7.38. The summed E-state index contributed by atoms with van der Waals surface area (Å²) in [7, 11) is 1.97. The summed E-state index contributed by atoms with van der Waals surface area (Å²) in [6.07, 6.45) is 2.40. The molecule has 1 N–H and O–H groups in total. The second-order valence-electron chi connectivity index (χ2n) is 6.07. The quantitative estimate of drug-likeness (QED) is 0.933. The van der Waals surface area contributed by atoms with Crippen molar-refractivity contribution in [3.05, 3.63) is 30.1 Å². The molecule has 2 heterocycles. The minimum atomic E-state index is -1.21. The van der Waals surface area contributed by atoms with Crippen molar-refractivity contribution >= 4 is 11.0 Å². The summed E-state index contributed by atoms with van der Waals surface area (Å²) in [5.74, 6) is 0.915. The maximum absolute atomic E-state index is 15.1. The van der Waals surface area contributed by atoms with Gasteiger partial charge in [-0.1, -0.05) is 12.1 Å². The van der Waals surface area contributed by atoms with Crippen LogP contribution in [-0.4, -0.2) is 28.3 Å². The number of aromatic nitrogens is 2. The highest BCUT2D eigenvalue weighted by Crippen LogP contribution is 2.31. The van der Waals surface area contributed by atoms with Crippen molar-refractivity contribution in [3.8, 4) is 0 Å². The van der Waals surface area contributed by atoms with Crippen molar-refractivity contribution in [1.29, 1.82) is 0 Å². The molecule has 20 heavy (non-hydrogen) atoms. The van der Waals surface area contributed by atoms with Gasteiger partial charge in [-0.25, -0.2) is 9.37 Å². The molecule has 2 unspecified atom stereocenters. The first-order chi connectivity index (χ1) is 9.58. The SMILES string of the molecule is Cn1c(CC(C)(F)C2CCCNC2)nc2ccccc21. The Morgan fingerprint density at radius 2 is 2.25 bits per heavy atom. The Kier molecular flexibility index (Phi) is 3.50. The lowest BCUT2D eigenvalue weighted by atomic mass is 9.82. The number of piperidine rings is 1. The number of nitrogens with zero attached hydrogens (tertiary/aromatic N) is 2. The van der Waals surface area contributed by atoms with E-state index in [1.165, 1.54) is 0 Å². The van der Waals surface area contributed by atoms with Gasteiger partial charge in [-0.15, -0.1) is 0 Å². The third-order valence-corrected chi connectivity index (χ3v) is 4.53. The molecule has 1 aliphatic heterocycles. The molecule has 1 saturated heterocycles. The Labute approximate surface area is 119 Å². The summed E-state index contributed by atoms with van der Waals surface area (Å²) in [4.78, 5) is 4.59. The Balaban J connectivity index is 1.86. The molecule has 0 spiro atoms. The molecular weight excluding hydrogens is 253 g/mol. The highest BCUT2D eigenvalue weighted by molar-refractivity contribution is 5.75. The van der Waals surface area contributed by atoms with Gasteiger partial charge in [-0.05, 0) is 38.4 Å². The predicted molar refractivity (Wildman–Crippen MR) is 79.5 cm³/mol. The predicted octanol–water partition coefficient (Wildman–Crippen LogP) is 2.84. The Bertz CT molecular complexity index is 597. The number of nitrogens with one attached hydrogen (secondary N) is 1. The van der Waals surface area contributed by atoms with Gasteiger partial charge in [0, 0.05) is 25.9 Å². The van der Waals surface area contributed by atoms with Gasteiger partial charge in [0.1, 0.15) is 11.5 Å². The number of benzene rings is 1. The molecule has 0 radical (unpaired) electrons. The van der Waals surface area contributed by atoms with E-state index in [1.54, 1.807) is 6.92 Å². The maximum atomic E-state index is 15.1. The van der Waals surface area contributed by atoms with Crippen LogP contribution in [0.2, 0.25) is 0 Å². The van der Waals surface area contributed by atoms with Gasteiger partial charge in [-0.2, -0.15) is 0 Å². The van der Waals surface area contributed by atoms with Crippen molar-refractivity contribution in [1.82, 2.24) is 14.9 Å². The molecule has 1 fully saturated rings. The minimum absolute atomic E-state index is 0.0797. The number of halogens is 1. The lowest BCUT2D eigenvalue weighted by molar-refractivity contribution is 0.0806. The van der Waals surface area contributed by atoms with Crippen LogP contribution in [0.25, 0.3) is 11.0 Å². The van der Waals surface area contributed by atoms with Gasteiger partial charge in [0.2, 0.25) is 0 Å². The van der Waals surface area contributed by atoms with E-state index in [2.05, 4.69) is 10.3 Å². The largest absolute Gasteiger partial charge is 0.331 e. The first-order valence-corrected chi connectivity index (χ1v) is 7.38. The minimum Gasteiger partial charge on any atom is -0.331 e. The lowest BCUT2D eigenvalue weighted by Gasteiger charge is -2.33. The zero-order valence-electron chi connectivity index (χ0n) is 12.2. The van der Waals surface area contributed by atoms with Crippen LogP contribution in [0.5, 0.6) is 0 Å². The monoisotopic (exact) mass is 275 g/mol. The normalized spacial score (nSPS) is 22.9. The standard InChI is InChI=1S/C16H22FN3/c1-16(17,12-6-5-9-18-11-12)10-15-19-13-7-3-4-8-14(13)20(15)2/h3-4,7-8,12,18H,5-6,9-11H2,1-2H3. The van der Waals surface area contributed by atoms with Crippen LogP contribution >= 0.6 is 0 Å². The number of para-hydroxylation sites is 2. The number of imidazole rings is 1. The summed E-state index contributed by atoms with van der Waals surface area (Å²) in [5.41, 5.74) is 0.811. The molecule has 108 valence electrons. The van der Waals surface area contributed by atoms with Gasteiger partial charge < -0.3 is 9.88 Å². The number of aryl methyl sites for hydroxylation is 1. The van der Waals surface area contributed by atoms with Crippen LogP contribution in [0.4, 0.5) is 4.39 Å². The van der Waals surface area contributed by atoms with E-state index in [0.717, 1.165) is 42.8 Å². The van der Waals surface area contributed by atoms with E-state index in [1.807, 2.05) is 35.9 Å². The summed E-state index contributed by atoms with van der Waals surface area (Å²) in [6, 6.07) is 7.98. The van der Waals surface area contributed by atoms with Crippen LogP contribution in [0.3, 0.4) is 0 Å². The second-order valence-corrected chi connectivity index (χ2v) is 6.07. The molecule has 0 bridgehead atoms. The van der Waals surface area contributed by atoms with Crippen LogP contribution in [0.1, 0.15) is 25.6 Å². The molecule has 1 aromatic carbocycles. The van der Waals surface area contributed by atoms with Gasteiger partial charge in [0.25, 0.3) is 0 Å². The van der Waals surface area contributed by atoms with Crippen molar-refractivity contribution in [2.24, 2.45) is 13.0 Å². The summed E-state index contributed by atoms with van der Waals surface area (Å²) in [6.45, 7) is 3.51. The van der Waals surface area contributed by atoms with Gasteiger partial charge in [-0.3, -0.25) is 0 Å². The van der Waals surface area contributed by atoms with E-state index < -0.39 is 5.67 Å². The van der Waals surface area contributed by atoms with E-state index in [-0.39, 0.29) is 5.92 Å². The van der Waals surface area contributed by atoms with Crippen LogP contribution in [0.15, 0.2) is 24.3 Å². The molecule has 2 aromatic rings. The van der Waals surface area contributed by atoms with Crippen molar-refractivity contribution in [2.75, 3.05) is 13.1 Å². The molecule has 1 aromatic heterocycles. The van der Waals surface area contributed by atoms with E-state index in [4.69, 9.17) is 0 Å². The van der Waals surface area contributed by atoms with Crippen LogP contribution in [0, 0.1) is 5.92 Å². The third-order valence-electron chi connectivity index (χ3n) is 4.53. The molecule has 0 aliphatic carbocycles. The maximum Gasteiger partial charge on any atom is 0.119 e.